The Morgan fingerprint density at radius 3 is 2.80 bits per heavy atom. The number of rotatable bonds is 2. The van der Waals surface area contributed by atoms with Gasteiger partial charge in [0.05, 0.1) is 6.20 Å². The summed E-state index contributed by atoms with van der Waals surface area (Å²) in [4.78, 5) is 30.9. The van der Waals surface area contributed by atoms with Crippen molar-refractivity contribution in [1.82, 2.24) is 14.8 Å². The van der Waals surface area contributed by atoms with Crippen LogP contribution in [0, 0.1) is 5.82 Å². The molecule has 1 saturated heterocycles. The predicted octanol–water partition coefficient (Wildman–Crippen LogP) is 1.31. The molecule has 2 heterocycles. The summed E-state index contributed by atoms with van der Waals surface area (Å²) in [6.45, 7) is 0.525. The molecule has 108 valence electrons. The third-order valence-corrected chi connectivity index (χ3v) is 3.20. The summed E-state index contributed by atoms with van der Waals surface area (Å²) in [6.07, 6.45) is 2.47. The van der Waals surface area contributed by atoms with E-state index in [9.17, 15) is 14.0 Å². The van der Waals surface area contributed by atoms with Crippen molar-refractivity contribution in [2.75, 3.05) is 26.0 Å². The highest BCUT2D eigenvalue weighted by Crippen LogP contribution is 2.20. The number of carbonyl (C=O) groups excluding carboxylic acids is 2. The average molecular weight is 280 g/mol. The predicted molar refractivity (Wildman–Crippen MR) is 71.6 cm³/mol. The normalized spacial score (nSPS) is 17.9. The molecule has 1 aliphatic rings. The van der Waals surface area contributed by atoms with Gasteiger partial charge in [-0.1, -0.05) is 0 Å². The van der Waals surface area contributed by atoms with E-state index in [1.165, 1.54) is 21.9 Å². The topological polar surface area (TPSA) is 65.5 Å². The summed E-state index contributed by atoms with van der Waals surface area (Å²) < 4.78 is 12.7. The molecule has 1 aliphatic heterocycles. The van der Waals surface area contributed by atoms with Crippen molar-refractivity contribution in [3.8, 4) is 0 Å². The van der Waals surface area contributed by atoms with Crippen LogP contribution in [0.5, 0.6) is 0 Å². The van der Waals surface area contributed by atoms with Gasteiger partial charge in [-0.2, -0.15) is 0 Å². The largest absolute Gasteiger partial charge is 0.347 e. The van der Waals surface area contributed by atoms with Gasteiger partial charge in [0.1, 0.15) is 17.7 Å². The molecule has 7 heteroatoms. The van der Waals surface area contributed by atoms with Gasteiger partial charge in [0.15, 0.2) is 0 Å². The highest BCUT2D eigenvalue weighted by Gasteiger charge is 2.35. The second-order valence-corrected chi connectivity index (χ2v) is 4.88. The molecule has 0 spiro atoms. The third kappa shape index (κ3) is 3.04. The average Bonchev–Trinajstić information content (AvgIpc) is 2.89. The number of hydrogen-bond donors (Lipinski definition) is 1. The molecule has 1 fully saturated rings. The van der Waals surface area contributed by atoms with Crippen LogP contribution in [0.1, 0.15) is 12.8 Å². The van der Waals surface area contributed by atoms with Crippen LogP contribution >= 0.6 is 0 Å². The van der Waals surface area contributed by atoms with Gasteiger partial charge in [-0.05, 0) is 25.0 Å². The van der Waals surface area contributed by atoms with Gasteiger partial charge in [-0.25, -0.2) is 14.2 Å². The maximum absolute atomic E-state index is 12.7. The summed E-state index contributed by atoms with van der Waals surface area (Å²) in [5, 5.41) is 2.57. The first-order valence-electron chi connectivity index (χ1n) is 6.39. The quantitative estimate of drug-likeness (QED) is 0.888. The van der Waals surface area contributed by atoms with Crippen molar-refractivity contribution in [2.24, 2.45) is 0 Å². The van der Waals surface area contributed by atoms with Crippen molar-refractivity contribution in [2.45, 2.75) is 18.9 Å². The molecule has 0 radical (unpaired) electrons. The molecule has 0 aliphatic carbocycles. The minimum Gasteiger partial charge on any atom is -0.347 e. The van der Waals surface area contributed by atoms with Crippen LogP contribution in [0.2, 0.25) is 0 Å². The van der Waals surface area contributed by atoms with Gasteiger partial charge < -0.3 is 9.80 Å². The van der Waals surface area contributed by atoms with Gasteiger partial charge >= 0.3 is 6.03 Å². The standard InChI is InChI=1S/C13H17FN4O2/c1-17(2)12(19)10-4-3-7-18(10)13(20)16-11-6-5-9(14)8-15-11/h5-6,8,10H,3-4,7H2,1-2H3,(H,15,16,20)/t10-/m0/s1. The fourth-order valence-electron chi connectivity index (χ4n) is 2.20. The molecule has 0 aromatic carbocycles. The molecular formula is C13H17FN4O2. The Hall–Kier alpha value is -2.18. The zero-order valence-corrected chi connectivity index (χ0v) is 11.5. The zero-order chi connectivity index (χ0) is 14.7. The lowest BCUT2D eigenvalue weighted by molar-refractivity contribution is -0.132. The Kier molecular flexibility index (Phi) is 4.16. The molecule has 1 N–H and O–H groups in total. The number of pyridine rings is 1. The van der Waals surface area contributed by atoms with Crippen molar-refractivity contribution in [3.05, 3.63) is 24.1 Å². The molecule has 3 amide bonds. The van der Waals surface area contributed by atoms with Crippen LogP contribution in [0.25, 0.3) is 0 Å². The fraction of sp³-hybridized carbons (Fsp3) is 0.462. The van der Waals surface area contributed by atoms with Crippen molar-refractivity contribution < 1.29 is 14.0 Å². The molecule has 1 aromatic rings. The smallest absolute Gasteiger partial charge is 0.323 e. The molecular weight excluding hydrogens is 263 g/mol. The molecule has 1 aromatic heterocycles. The molecule has 6 nitrogen and oxygen atoms in total. The lowest BCUT2D eigenvalue weighted by Gasteiger charge is -2.26. The van der Waals surface area contributed by atoms with Crippen LogP contribution in [0.3, 0.4) is 0 Å². The van der Waals surface area contributed by atoms with E-state index in [4.69, 9.17) is 0 Å². The molecule has 0 saturated carbocycles. The SMILES string of the molecule is CN(C)C(=O)[C@@H]1CCCN1C(=O)Nc1ccc(F)cn1. The van der Waals surface area contributed by atoms with Gasteiger partial charge in [-0.3, -0.25) is 10.1 Å². The first kappa shape index (κ1) is 14.2. The highest BCUT2D eigenvalue weighted by atomic mass is 19.1. The summed E-state index contributed by atoms with van der Waals surface area (Å²) >= 11 is 0. The van der Waals surface area contributed by atoms with E-state index in [1.54, 1.807) is 14.1 Å². The maximum Gasteiger partial charge on any atom is 0.323 e. The number of amides is 3. The Labute approximate surface area is 116 Å². The Morgan fingerprint density at radius 2 is 2.20 bits per heavy atom. The lowest BCUT2D eigenvalue weighted by Crippen LogP contribution is -2.47. The van der Waals surface area contributed by atoms with E-state index in [0.29, 0.717) is 13.0 Å². The van der Waals surface area contributed by atoms with Crippen LogP contribution in [-0.4, -0.2) is 53.4 Å². The van der Waals surface area contributed by atoms with Gasteiger partial charge in [0.25, 0.3) is 0 Å². The minimum atomic E-state index is -0.468. The second kappa shape index (κ2) is 5.85. The molecule has 20 heavy (non-hydrogen) atoms. The number of likely N-dealkylation sites (N-methyl/N-ethyl adjacent to an activating group) is 1. The number of halogens is 1. The molecule has 0 bridgehead atoms. The number of anilines is 1. The highest BCUT2D eigenvalue weighted by molar-refractivity contribution is 5.93. The summed E-state index contributed by atoms with van der Waals surface area (Å²) in [5.74, 6) is -0.297. The van der Waals surface area contributed by atoms with Gasteiger partial charge in [0, 0.05) is 20.6 Å². The first-order chi connectivity index (χ1) is 9.49. The van der Waals surface area contributed by atoms with Crippen LogP contribution in [-0.2, 0) is 4.79 Å². The molecule has 1 atom stereocenters. The van der Waals surface area contributed by atoms with E-state index < -0.39 is 11.9 Å². The number of hydrogen-bond acceptors (Lipinski definition) is 3. The van der Waals surface area contributed by atoms with Crippen molar-refractivity contribution >= 4 is 17.8 Å². The maximum atomic E-state index is 12.7. The van der Waals surface area contributed by atoms with E-state index in [-0.39, 0.29) is 17.8 Å². The third-order valence-electron chi connectivity index (χ3n) is 3.20. The summed E-state index contributed by atoms with van der Waals surface area (Å²) in [7, 11) is 3.33. The van der Waals surface area contributed by atoms with E-state index in [0.717, 1.165) is 12.6 Å². The fourth-order valence-corrected chi connectivity index (χ4v) is 2.20. The van der Waals surface area contributed by atoms with E-state index in [2.05, 4.69) is 10.3 Å². The number of nitrogens with zero attached hydrogens (tertiary/aromatic N) is 3. The monoisotopic (exact) mass is 280 g/mol. The second-order valence-electron chi connectivity index (χ2n) is 4.88. The number of urea groups is 1. The van der Waals surface area contributed by atoms with Crippen molar-refractivity contribution in [1.29, 1.82) is 0 Å². The molecule has 0 unspecified atom stereocenters. The van der Waals surface area contributed by atoms with Crippen LogP contribution < -0.4 is 5.32 Å². The Balaban J connectivity index is 2.04. The number of nitrogens with one attached hydrogen (secondary N) is 1. The number of likely N-dealkylation sites (tertiary alicyclic amines) is 1. The van der Waals surface area contributed by atoms with Gasteiger partial charge in [-0.15, -0.1) is 0 Å². The minimum absolute atomic E-state index is 0.0929. The zero-order valence-electron chi connectivity index (χ0n) is 11.5. The summed E-state index contributed by atoms with van der Waals surface area (Å²) in [5.41, 5.74) is 0. The number of carbonyl (C=O) groups is 2. The molecule has 2 rings (SSSR count). The van der Waals surface area contributed by atoms with E-state index in [1.807, 2.05) is 0 Å². The Morgan fingerprint density at radius 1 is 1.45 bits per heavy atom. The van der Waals surface area contributed by atoms with E-state index >= 15 is 0 Å². The van der Waals surface area contributed by atoms with Crippen LogP contribution in [0.4, 0.5) is 15.0 Å². The van der Waals surface area contributed by atoms with Gasteiger partial charge in [0.2, 0.25) is 5.91 Å². The Bertz CT molecular complexity index is 504. The first-order valence-corrected chi connectivity index (χ1v) is 6.39. The van der Waals surface area contributed by atoms with Crippen molar-refractivity contribution in [3.63, 3.8) is 0 Å². The lowest BCUT2D eigenvalue weighted by atomic mass is 10.2. The van der Waals surface area contributed by atoms with Crippen LogP contribution in [0.15, 0.2) is 18.3 Å². The number of aromatic nitrogens is 1. The summed E-state index contributed by atoms with van der Waals surface area (Å²) in [6, 6.07) is 1.77.